The molecule has 0 aliphatic heterocycles. The minimum Gasteiger partial charge on any atom is -0.370 e. The van der Waals surface area contributed by atoms with Crippen molar-refractivity contribution in [2.75, 3.05) is 23.3 Å². The topological polar surface area (TPSA) is 86.6 Å². The Morgan fingerprint density at radius 2 is 1.14 bits per heavy atom. The van der Waals surface area contributed by atoms with Crippen LogP contribution in [0.3, 0.4) is 0 Å². The molecule has 0 aliphatic carbocycles. The predicted molar refractivity (Wildman–Crippen MR) is 145 cm³/mol. The molecular weight excluding hydrogens is 442 g/mol. The third-order valence-electron chi connectivity index (χ3n) is 6.19. The van der Waals surface area contributed by atoms with Crippen LogP contribution in [0.1, 0.15) is 30.5 Å². The van der Waals surface area contributed by atoms with Crippen molar-refractivity contribution in [2.24, 2.45) is 0 Å². The lowest BCUT2D eigenvalue weighted by Crippen LogP contribution is -2.24. The Bertz CT molecular complexity index is 1480. The summed E-state index contributed by atoms with van der Waals surface area (Å²) < 4.78 is 0. The molecule has 0 aromatic heterocycles. The monoisotopic (exact) mass is 467 g/mol. The van der Waals surface area contributed by atoms with Gasteiger partial charge in [0, 0.05) is 35.6 Å². The summed E-state index contributed by atoms with van der Waals surface area (Å²) in [7, 11) is 0. The molecule has 5 nitrogen and oxygen atoms in total. The van der Waals surface area contributed by atoms with Crippen LogP contribution in [0.4, 0.5) is 17.1 Å². The molecule has 0 spiro atoms. The second-order valence-corrected chi connectivity index (χ2v) is 8.22. The van der Waals surface area contributed by atoms with Crippen molar-refractivity contribution in [2.45, 2.75) is 13.8 Å². The molecule has 4 rings (SSSR count). The van der Waals surface area contributed by atoms with Crippen LogP contribution in [0, 0.1) is 34.0 Å². The van der Waals surface area contributed by atoms with Gasteiger partial charge in [0.25, 0.3) is 0 Å². The van der Waals surface area contributed by atoms with Gasteiger partial charge in [0.1, 0.15) is 12.1 Å². The summed E-state index contributed by atoms with van der Waals surface area (Å²) in [5.74, 6) is 0. The van der Waals surface area contributed by atoms with Gasteiger partial charge in [0.15, 0.2) is 0 Å². The van der Waals surface area contributed by atoms with Gasteiger partial charge < -0.3 is 10.2 Å². The summed E-state index contributed by atoms with van der Waals surface area (Å²) in [6, 6.07) is 33.9. The van der Waals surface area contributed by atoms with Crippen LogP contribution in [0.15, 0.2) is 84.9 Å². The Morgan fingerprint density at radius 1 is 0.639 bits per heavy atom. The van der Waals surface area contributed by atoms with Crippen molar-refractivity contribution in [1.29, 1.82) is 15.8 Å². The van der Waals surface area contributed by atoms with E-state index in [0.717, 1.165) is 33.6 Å². The molecule has 5 heteroatoms. The van der Waals surface area contributed by atoms with Crippen molar-refractivity contribution in [3.05, 3.63) is 102 Å². The molecule has 0 unspecified atom stereocenters. The maximum atomic E-state index is 10.3. The first kappa shape index (κ1) is 24.1. The maximum absolute atomic E-state index is 10.3. The Morgan fingerprint density at radius 3 is 1.61 bits per heavy atom. The maximum Gasteiger partial charge on any atom is 0.102 e. The Balaban J connectivity index is 1.84. The van der Waals surface area contributed by atoms with Crippen molar-refractivity contribution >= 4 is 17.1 Å². The van der Waals surface area contributed by atoms with Gasteiger partial charge in [-0.3, -0.25) is 0 Å². The highest BCUT2D eigenvalue weighted by Gasteiger charge is 2.23. The molecule has 4 aromatic rings. The fraction of sp³-hybridized carbons (Fsp3) is 0.129. The largest absolute Gasteiger partial charge is 0.370 e. The standard InChI is InChI=1S/C31H25N5/c1-3-36(4-2)31-29(20-33)27(23-8-6-5-7-9-23)18-28(30(31)21-34)24-12-16-26(17-13-24)35-25-14-10-22(19-32)11-15-25/h5-18,35H,3-4H2,1-2H3. The van der Waals surface area contributed by atoms with E-state index in [0.29, 0.717) is 35.5 Å². The molecule has 0 heterocycles. The second kappa shape index (κ2) is 10.9. The van der Waals surface area contributed by atoms with Crippen molar-refractivity contribution in [3.8, 4) is 40.5 Å². The molecule has 4 aromatic carbocycles. The summed E-state index contributed by atoms with van der Waals surface area (Å²) in [5.41, 5.74) is 7.53. The van der Waals surface area contributed by atoms with Gasteiger partial charge in [-0.25, -0.2) is 0 Å². The van der Waals surface area contributed by atoms with E-state index in [2.05, 4.69) is 28.4 Å². The zero-order valence-corrected chi connectivity index (χ0v) is 20.3. The number of hydrogen-bond donors (Lipinski definition) is 1. The molecule has 0 radical (unpaired) electrons. The molecular formula is C31H25N5. The Kier molecular flexibility index (Phi) is 7.30. The lowest BCUT2D eigenvalue weighted by molar-refractivity contribution is 0.863. The minimum atomic E-state index is 0.503. The first-order valence-corrected chi connectivity index (χ1v) is 11.8. The average molecular weight is 468 g/mol. The van der Waals surface area contributed by atoms with E-state index in [1.165, 1.54) is 0 Å². The Hall–Kier alpha value is -5.05. The van der Waals surface area contributed by atoms with E-state index in [1.54, 1.807) is 12.1 Å². The third-order valence-corrected chi connectivity index (χ3v) is 6.19. The van der Waals surface area contributed by atoms with E-state index in [9.17, 15) is 10.5 Å². The van der Waals surface area contributed by atoms with Gasteiger partial charge in [0.05, 0.1) is 28.4 Å². The smallest absolute Gasteiger partial charge is 0.102 e. The van der Waals surface area contributed by atoms with E-state index >= 15 is 0 Å². The van der Waals surface area contributed by atoms with Crippen molar-refractivity contribution in [3.63, 3.8) is 0 Å². The van der Waals surface area contributed by atoms with Crippen LogP contribution in [0.5, 0.6) is 0 Å². The summed E-state index contributed by atoms with van der Waals surface area (Å²) in [6.07, 6.45) is 0. The predicted octanol–water partition coefficient (Wildman–Crippen LogP) is 7.23. The molecule has 174 valence electrons. The molecule has 0 amide bonds. The zero-order chi connectivity index (χ0) is 25.5. The number of nitriles is 3. The highest BCUT2D eigenvalue weighted by molar-refractivity contribution is 5.90. The first-order valence-electron chi connectivity index (χ1n) is 11.8. The number of anilines is 3. The summed E-state index contributed by atoms with van der Waals surface area (Å²) >= 11 is 0. The fourth-order valence-corrected chi connectivity index (χ4v) is 4.35. The third kappa shape index (κ3) is 4.76. The first-order chi connectivity index (χ1) is 17.6. The fourth-order valence-electron chi connectivity index (χ4n) is 4.35. The highest BCUT2D eigenvalue weighted by Crippen LogP contribution is 2.40. The SMILES string of the molecule is CCN(CC)c1c(C#N)c(-c2ccccc2)cc(-c2ccc(Nc3ccc(C#N)cc3)cc2)c1C#N. The van der Waals surface area contributed by atoms with Crippen molar-refractivity contribution < 1.29 is 0 Å². The van der Waals surface area contributed by atoms with Gasteiger partial charge in [0.2, 0.25) is 0 Å². The van der Waals surface area contributed by atoms with Crippen LogP contribution < -0.4 is 10.2 Å². The molecule has 36 heavy (non-hydrogen) atoms. The molecule has 0 aliphatic rings. The molecule has 0 fully saturated rings. The highest BCUT2D eigenvalue weighted by atomic mass is 15.1. The van der Waals surface area contributed by atoms with Crippen LogP contribution in [-0.4, -0.2) is 13.1 Å². The lowest BCUT2D eigenvalue weighted by atomic mass is 9.88. The van der Waals surface area contributed by atoms with Crippen molar-refractivity contribution in [1.82, 2.24) is 0 Å². The van der Waals surface area contributed by atoms with Crippen LogP contribution in [0.2, 0.25) is 0 Å². The van der Waals surface area contributed by atoms with Crippen LogP contribution >= 0.6 is 0 Å². The van der Waals surface area contributed by atoms with E-state index < -0.39 is 0 Å². The van der Waals surface area contributed by atoms with E-state index in [4.69, 9.17) is 5.26 Å². The lowest BCUT2D eigenvalue weighted by Gasteiger charge is -2.26. The minimum absolute atomic E-state index is 0.503. The molecule has 0 saturated heterocycles. The normalized spacial score (nSPS) is 10.1. The number of nitrogens with zero attached hydrogens (tertiary/aromatic N) is 4. The van der Waals surface area contributed by atoms with Crippen LogP contribution in [0.25, 0.3) is 22.3 Å². The van der Waals surface area contributed by atoms with E-state index in [-0.39, 0.29) is 0 Å². The van der Waals surface area contributed by atoms with Gasteiger partial charge in [-0.2, -0.15) is 15.8 Å². The molecule has 0 atom stereocenters. The number of nitrogens with one attached hydrogen (secondary N) is 1. The summed E-state index contributed by atoms with van der Waals surface area (Å²) in [4.78, 5) is 2.08. The van der Waals surface area contributed by atoms with Crippen LogP contribution in [-0.2, 0) is 0 Å². The zero-order valence-electron chi connectivity index (χ0n) is 20.3. The average Bonchev–Trinajstić information content (AvgIpc) is 2.94. The van der Waals surface area contributed by atoms with Gasteiger partial charge in [-0.05, 0) is 67.4 Å². The number of benzene rings is 4. The van der Waals surface area contributed by atoms with Gasteiger partial charge in [-0.1, -0.05) is 42.5 Å². The summed E-state index contributed by atoms with van der Waals surface area (Å²) in [5, 5.41) is 32.8. The quantitative estimate of drug-likeness (QED) is 0.310. The number of rotatable bonds is 7. The molecule has 1 N–H and O–H groups in total. The van der Waals surface area contributed by atoms with Gasteiger partial charge in [-0.15, -0.1) is 0 Å². The van der Waals surface area contributed by atoms with E-state index in [1.807, 2.05) is 86.6 Å². The van der Waals surface area contributed by atoms with Gasteiger partial charge >= 0.3 is 0 Å². The molecule has 0 bridgehead atoms. The Labute approximate surface area is 212 Å². The summed E-state index contributed by atoms with van der Waals surface area (Å²) in [6.45, 7) is 5.44. The number of hydrogen-bond acceptors (Lipinski definition) is 5. The molecule has 0 saturated carbocycles. The second-order valence-electron chi connectivity index (χ2n) is 8.22.